The topological polar surface area (TPSA) is 61.4 Å². The summed E-state index contributed by atoms with van der Waals surface area (Å²) in [7, 11) is 1.54. The predicted molar refractivity (Wildman–Crippen MR) is 68.3 cm³/mol. The summed E-state index contributed by atoms with van der Waals surface area (Å²) in [6.45, 7) is 1.01. The first-order valence-corrected chi connectivity index (χ1v) is 6.13. The van der Waals surface area contributed by atoms with Crippen molar-refractivity contribution in [2.75, 3.05) is 20.1 Å². The second-order valence-electron chi connectivity index (χ2n) is 4.47. The van der Waals surface area contributed by atoms with Crippen LogP contribution < -0.4 is 10.6 Å². The highest BCUT2D eigenvalue weighted by atomic mass is 19.1. The van der Waals surface area contributed by atoms with E-state index in [9.17, 15) is 14.0 Å². The smallest absolute Gasteiger partial charge is 0.314 e. The summed E-state index contributed by atoms with van der Waals surface area (Å²) in [5.41, 5.74) is 0.334. The SMILES string of the molecule is CNC(=O)N[C@H]1CCN(C(=O)c2cccc(F)c2)C1. The first-order valence-electron chi connectivity index (χ1n) is 6.13. The quantitative estimate of drug-likeness (QED) is 0.837. The highest BCUT2D eigenvalue weighted by molar-refractivity contribution is 5.94. The number of urea groups is 1. The number of nitrogens with zero attached hydrogens (tertiary/aromatic N) is 1. The Balaban J connectivity index is 1.97. The fourth-order valence-electron chi connectivity index (χ4n) is 2.12. The van der Waals surface area contributed by atoms with Crippen LogP contribution in [0, 0.1) is 5.82 Å². The van der Waals surface area contributed by atoms with E-state index in [-0.39, 0.29) is 18.0 Å². The molecular weight excluding hydrogens is 249 g/mol. The van der Waals surface area contributed by atoms with Crippen LogP contribution in [0.3, 0.4) is 0 Å². The van der Waals surface area contributed by atoms with E-state index in [1.807, 2.05) is 0 Å². The van der Waals surface area contributed by atoms with Crippen LogP contribution in [0.25, 0.3) is 0 Å². The molecule has 1 aromatic rings. The van der Waals surface area contributed by atoms with Gasteiger partial charge in [-0.05, 0) is 24.6 Å². The number of benzene rings is 1. The molecule has 19 heavy (non-hydrogen) atoms. The van der Waals surface area contributed by atoms with E-state index in [0.717, 1.165) is 0 Å². The minimum atomic E-state index is -0.426. The van der Waals surface area contributed by atoms with Gasteiger partial charge >= 0.3 is 6.03 Å². The molecule has 1 fully saturated rings. The van der Waals surface area contributed by atoms with E-state index >= 15 is 0 Å². The van der Waals surface area contributed by atoms with Gasteiger partial charge in [-0.3, -0.25) is 4.79 Å². The maximum atomic E-state index is 13.1. The van der Waals surface area contributed by atoms with Gasteiger partial charge in [0.05, 0.1) is 0 Å². The molecule has 0 aliphatic carbocycles. The lowest BCUT2D eigenvalue weighted by Gasteiger charge is -2.17. The van der Waals surface area contributed by atoms with Gasteiger partial charge in [-0.2, -0.15) is 0 Å². The fourth-order valence-corrected chi connectivity index (χ4v) is 2.12. The van der Waals surface area contributed by atoms with Gasteiger partial charge in [-0.1, -0.05) is 6.07 Å². The van der Waals surface area contributed by atoms with Crippen LogP contribution in [0.15, 0.2) is 24.3 Å². The third kappa shape index (κ3) is 3.21. The van der Waals surface area contributed by atoms with Gasteiger partial charge in [0.1, 0.15) is 5.82 Å². The standard InChI is InChI=1S/C13H16FN3O2/c1-15-13(19)16-11-5-6-17(8-11)12(18)9-3-2-4-10(14)7-9/h2-4,7,11H,5-6,8H2,1H3,(H2,15,16,19)/t11-/m0/s1. The van der Waals surface area contributed by atoms with Gasteiger partial charge in [-0.25, -0.2) is 9.18 Å². The zero-order valence-corrected chi connectivity index (χ0v) is 10.6. The molecule has 2 N–H and O–H groups in total. The summed E-state index contributed by atoms with van der Waals surface area (Å²) in [4.78, 5) is 24.9. The molecule has 5 nitrogen and oxygen atoms in total. The number of hydrogen-bond acceptors (Lipinski definition) is 2. The third-order valence-electron chi connectivity index (χ3n) is 3.11. The van der Waals surface area contributed by atoms with E-state index < -0.39 is 5.82 Å². The normalized spacial score (nSPS) is 18.2. The summed E-state index contributed by atoms with van der Waals surface area (Å²) < 4.78 is 13.1. The van der Waals surface area contributed by atoms with Crippen LogP contribution in [0.5, 0.6) is 0 Å². The predicted octanol–water partition coefficient (Wildman–Crippen LogP) is 0.969. The van der Waals surface area contributed by atoms with Crippen LogP contribution in [0.4, 0.5) is 9.18 Å². The number of nitrogens with one attached hydrogen (secondary N) is 2. The maximum absolute atomic E-state index is 13.1. The van der Waals surface area contributed by atoms with Crippen LogP contribution in [0.2, 0.25) is 0 Å². The monoisotopic (exact) mass is 265 g/mol. The molecule has 1 aliphatic rings. The Morgan fingerprint density at radius 3 is 2.89 bits per heavy atom. The summed E-state index contributed by atoms with van der Waals surface area (Å²) >= 11 is 0. The molecule has 1 aromatic carbocycles. The van der Waals surface area contributed by atoms with Crippen molar-refractivity contribution < 1.29 is 14.0 Å². The second-order valence-corrected chi connectivity index (χ2v) is 4.47. The summed E-state index contributed by atoms with van der Waals surface area (Å²) in [5.74, 6) is -0.634. The van der Waals surface area contributed by atoms with Crippen molar-refractivity contribution in [2.45, 2.75) is 12.5 Å². The average molecular weight is 265 g/mol. The molecule has 0 unspecified atom stereocenters. The van der Waals surface area contributed by atoms with Crippen molar-refractivity contribution in [3.05, 3.63) is 35.6 Å². The second kappa shape index (κ2) is 5.69. The highest BCUT2D eigenvalue weighted by Gasteiger charge is 2.27. The van der Waals surface area contributed by atoms with Crippen LogP contribution >= 0.6 is 0 Å². The van der Waals surface area contributed by atoms with E-state index in [1.54, 1.807) is 18.0 Å². The molecular formula is C13H16FN3O2. The molecule has 102 valence electrons. The number of amides is 3. The van der Waals surface area contributed by atoms with Crippen LogP contribution in [-0.4, -0.2) is 43.0 Å². The average Bonchev–Trinajstić information content (AvgIpc) is 2.86. The van der Waals surface area contributed by atoms with Crippen LogP contribution in [0.1, 0.15) is 16.8 Å². The molecule has 2 rings (SSSR count). The van der Waals surface area contributed by atoms with Crippen molar-refractivity contribution in [2.24, 2.45) is 0 Å². The van der Waals surface area contributed by atoms with E-state index in [0.29, 0.717) is 25.1 Å². The first kappa shape index (κ1) is 13.3. The molecule has 6 heteroatoms. The first-order chi connectivity index (χ1) is 9.10. The van der Waals surface area contributed by atoms with Gasteiger partial charge in [0, 0.05) is 31.7 Å². The van der Waals surface area contributed by atoms with Crippen molar-refractivity contribution >= 4 is 11.9 Å². The lowest BCUT2D eigenvalue weighted by atomic mass is 10.2. The largest absolute Gasteiger partial charge is 0.341 e. The zero-order valence-electron chi connectivity index (χ0n) is 10.6. The van der Waals surface area contributed by atoms with E-state index in [2.05, 4.69) is 10.6 Å². The van der Waals surface area contributed by atoms with Gasteiger partial charge in [0.2, 0.25) is 0 Å². The summed E-state index contributed by atoms with van der Waals surface area (Å²) in [5, 5.41) is 5.23. The Hall–Kier alpha value is -2.11. The van der Waals surface area contributed by atoms with Crippen LogP contribution in [-0.2, 0) is 0 Å². The number of carbonyl (C=O) groups is 2. The Labute approximate surface area is 110 Å². The van der Waals surface area contributed by atoms with E-state index in [1.165, 1.54) is 18.2 Å². The molecule has 3 amide bonds. The van der Waals surface area contributed by atoms with Crippen molar-refractivity contribution in [1.82, 2.24) is 15.5 Å². The minimum Gasteiger partial charge on any atom is -0.341 e. The minimum absolute atomic E-state index is 0.0579. The Morgan fingerprint density at radius 1 is 1.42 bits per heavy atom. The molecule has 1 saturated heterocycles. The zero-order chi connectivity index (χ0) is 13.8. The summed E-state index contributed by atoms with van der Waals surface area (Å²) in [6, 6.07) is 5.31. The highest BCUT2D eigenvalue weighted by Crippen LogP contribution is 2.14. The van der Waals surface area contributed by atoms with Gasteiger partial charge in [-0.15, -0.1) is 0 Å². The number of halogens is 1. The molecule has 1 heterocycles. The Morgan fingerprint density at radius 2 is 2.21 bits per heavy atom. The molecule has 1 atom stereocenters. The molecule has 0 saturated carbocycles. The van der Waals surface area contributed by atoms with E-state index in [4.69, 9.17) is 0 Å². The van der Waals surface area contributed by atoms with Crippen molar-refractivity contribution in [1.29, 1.82) is 0 Å². The molecule has 0 spiro atoms. The maximum Gasteiger partial charge on any atom is 0.314 e. The number of likely N-dealkylation sites (tertiary alicyclic amines) is 1. The Kier molecular flexibility index (Phi) is 3.99. The van der Waals surface area contributed by atoms with Gasteiger partial charge < -0.3 is 15.5 Å². The lowest BCUT2D eigenvalue weighted by molar-refractivity contribution is 0.0789. The van der Waals surface area contributed by atoms with Gasteiger partial charge in [0.25, 0.3) is 5.91 Å². The lowest BCUT2D eigenvalue weighted by Crippen LogP contribution is -2.42. The number of rotatable bonds is 2. The number of carbonyl (C=O) groups excluding carboxylic acids is 2. The molecule has 0 radical (unpaired) electrons. The molecule has 0 bridgehead atoms. The van der Waals surface area contributed by atoms with Gasteiger partial charge in [0.15, 0.2) is 0 Å². The Bertz CT molecular complexity index is 493. The third-order valence-corrected chi connectivity index (χ3v) is 3.11. The number of hydrogen-bond donors (Lipinski definition) is 2. The fraction of sp³-hybridized carbons (Fsp3) is 0.385. The molecule has 1 aliphatic heterocycles. The summed E-state index contributed by atoms with van der Waals surface area (Å²) in [6.07, 6.45) is 0.703. The van der Waals surface area contributed by atoms with Crippen molar-refractivity contribution in [3.8, 4) is 0 Å². The molecule has 0 aromatic heterocycles. The van der Waals surface area contributed by atoms with Crippen molar-refractivity contribution in [3.63, 3.8) is 0 Å².